The third kappa shape index (κ3) is 5.59. The van der Waals surface area contributed by atoms with Crippen LogP contribution in [0.1, 0.15) is 5.69 Å². The summed E-state index contributed by atoms with van der Waals surface area (Å²) in [5.74, 6) is -1.60. The topological polar surface area (TPSA) is 228 Å². The van der Waals surface area contributed by atoms with Gasteiger partial charge in [0.05, 0.1) is 5.75 Å². The Morgan fingerprint density at radius 3 is 2.68 bits per heavy atom. The van der Waals surface area contributed by atoms with E-state index in [2.05, 4.69) is 25.7 Å². The van der Waals surface area contributed by atoms with Gasteiger partial charge in [0.15, 0.2) is 21.2 Å². The molecule has 2 aliphatic rings. The molecule has 38 heavy (non-hydrogen) atoms. The lowest BCUT2D eigenvalue weighted by atomic mass is 10.0. The van der Waals surface area contributed by atoms with E-state index in [4.69, 9.17) is 21.7 Å². The number of nitrogens with one attached hydrogen (secondary N) is 2. The fourth-order valence-corrected chi connectivity index (χ4v) is 7.21. The second-order valence-electron chi connectivity index (χ2n) is 7.74. The molecule has 0 aliphatic carbocycles. The molecule has 1 fully saturated rings. The lowest BCUT2D eigenvalue weighted by Crippen LogP contribution is -2.71. The van der Waals surface area contributed by atoms with E-state index in [0.29, 0.717) is 21.6 Å². The van der Waals surface area contributed by atoms with Crippen LogP contribution in [0.5, 0.6) is 0 Å². The minimum Gasteiger partial charge on any atom is -0.477 e. The van der Waals surface area contributed by atoms with Crippen LogP contribution in [-0.4, -0.2) is 94.9 Å². The number of hydrogen-bond acceptors (Lipinski definition) is 14. The molecule has 0 aromatic carbocycles. The number of rotatable bonds is 11. The number of thiazole rings is 1. The summed E-state index contributed by atoms with van der Waals surface area (Å²) >= 11 is 5.01. The van der Waals surface area contributed by atoms with E-state index >= 15 is 0 Å². The van der Waals surface area contributed by atoms with Gasteiger partial charge in [-0.15, -0.1) is 33.3 Å². The number of anilines is 1. The highest BCUT2D eigenvalue weighted by molar-refractivity contribution is 8.01. The van der Waals surface area contributed by atoms with E-state index in [0.717, 1.165) is 11.3 Å². The van der Waals surface area contributed by atoms with Crippen molar-refractivity contribution in [1.29, 1.82) is 5.41 Å². The van der Waals surface area contributed by atoms with Crippen LogP contribution < -0.4 is 16.8 Å². The van der Waals surface area contributed by atoms with E-state index < -0.39 is 29.2 Å². The lowest BCUT2D eigenvalue weighted by Gasteiger charge is -2.49. The second kappa shape index (κ2) is 11.6. The Balaban J connectivity index is 1.46. The van der Waals surface area contributed by atoms with Gasteiger partial charge in [-0.3, -0.25) is 19.9 Å². The predicted octanol–water partition coefficient (Wildman–Crippen LogP) is -0.237. The van der Waals surface area contributed by atoms with Crippen molar-refractivity contribution >= 4 is 81.1 Å². The zero-order valence-electron chi connectivity index (χ0n) is 19.9. The van der Waals surface area contributed by atoms with Gasteiger partial charge in [-0.2, -0.15) is 0 Å². The number of aliphatic carboxylic acids is 1. The van der Waals surface area contributed by atoms with Crippen LogP contribution in [0, 0.1) is 5.41 Å². The third-order valence-corrected chi connectivity index (χ3v) is 9.41. The molecular weight excluding hydrogens is 577 g/mol. The normalized spacial score (nSPS) is 19.2. The van der Waals surface area contributed by atoms with Crippen LogP contribution >= 0.6 is 46.6 Å². The van der Waals surface area contributed by atoms with E-state index in [9.17, 15) is 19.5 Å². The van der Waals surface area contributed by atoms with Crippen LogP contribution in [0.2, 0.25) is 0 Å². The predicted molar refractivity (Wildman–Crippen MR) is 144 cm³/mol. The number of amides is 2. The van der Waals surface area contributed by atoms with Crippen molar-refractivity contribution in [3.63, 3.8) is 0 Å². The molecular formula is C19H22N10O5S4. The van der Waals surface area contributed by atoms with Crippen LogP contribution in [0.25, 0.3) is 0 Å². The number of amidine groups is 1. The number of carbonyl (C=O) groups excluding carboxylic acids is 2. The Bertz CT molecular complexity index is 1360. The van der Waals surface area contributed by atoms with Gasteiger partial charge in [-0.05, 0) is 5.57 Å². The summed E-state index contributed by atoms with van der Waals surface area (Å²) in [5.41, 5.74) is 11.5. The standard InChI is InChI=1S/C19H22N10O5S4/c1-28-18(25-26-19(28)38-6-9(20)21)37-4-7-3-35-15-11(14(31)29(15)12(7)16(32)33)24-13(30)10(27-34-2)8-5-36-17(22)23-8/h5,11,15H,3-4,6H2,1-2H3,(H3,20,21)(H2,22,23)(H,24,30)(H,32,33)/b27-10-/t11-,15-/m1/s1. The number of aromatic nitrogens is 4. The highest BCUT2D eigenvalue weighted by Crippen LogP contribution is 2.41. The molecule has 2 atom stereocenters. The van der Waals surface area contributed by atoms with E-state index in [-0.39, 0.29) is 39.6 Å². The Morgan fingerprint density at radius 1 is 1.37 bits per heavy atom. The fraction of sp³-hybridized carbons (Fsp3) is 0.368. The number of nitrogen functional groups attached to an aromatic ring is 1. The minimum absolute atomic E-state index is 0.0148. The fourth-order valence-electron chi connectivity index (χ4n) is 3.54. The molecule has 0 bridgehead atoms. The number of hydrogen-bond donors (Lipinski definition) is 5. The molecule has 4 rings (SSSR count). The first kappa shape index (κ1) is 27.7. The molecule has 2 aromatic heterocycles. The van der Waals surface area contributed by atoms with Gasteiger partial charge in [0.25, 0.3) is 11.8 Å². The first-order valence-corrected chi connectivity index (χ1v) is 14.5. The van der Waals surface area contributed by atoms with E-state index in [1.165, 1.54) is 52.7 Å². The molecule has 0 radical (unpaired) electrons. The third-order valence-electron chi connectivity index (χ3n) is 5.23. The van der Waals surface area contributed by atoms with Crippen molar-refractivity contribution < 1.29 is 24.3 Å². The first-order chi connectivity index (χ1) is 18.1. The maximum Gasteiger partial charge on any atom is 0.352 e. The van der Waals surface area contributed by atoms with Crippen molar-refractivity contribution in [2.75, 3.05) is 30.1 Å². The van der Waals surface area contributed by atoms with E-state index in [1.807, 2.05) is 0 Å². The molecule has 0 spiro atoms. The summed E-state index contributed by atoms with van der Waals surface area (Å²) < 4.78 is 1.73. The Kier molecular flexibility index (Phi) is 8.48. The highest BCUT2D eigenvalue weighted by atomic mass is 32.2. The molecule has 7 N–H and O–H groups in total. The highest BCUT2D eigenvalue weighted by Gasteiger charge is 2.54. The molecule has 2 amide bonds. The summed E-state index contributed by atoms with van der Waals surface area (Å²) in [6, 6.07) is -0.950. The van der Waals surface area contributed by atoms with E-state index in [1.54, 1.807) is 11.6 Å². The van der Waals surface area contributed by atoms with Crippen LogP contribution in [0.15, 0.2) is 32.1 Å². The molecule has 19 heteroatoms. The molecule has 0 unspecified atom stereocenters. The van der Waals surface area contributed by atoms with Gasteiger partial charge in [0, 0.05) is 23.9 Å². The maximum absolute atomic E-state index is 13.0. The quantitative estimate of drug-likeness (QED) is 0.0741. The SMILES string of the molecule is CO/N=C(\C(=O)N[C@@H]1C(=O)N2C(C(=O)O)=C(CSc3nnc(SCC(=N)N)n3C)CS[C@H]12)c1csc(N)n1. The maximum atomic E-state index is 13.0. The summed E-state index contributed by atoms with van der Waals surface area (Å²) in [7, 11) is 3.03. The summed E-state index contributed by atoms with van der Waals surface area (Å²) in [6.07, 6.45) is 0. The molecule has 4 heterocycles. The first-order valence-electron chi connectivity index (χ1n) is 10.6. The number of oxime groups is 1. The van der Waals surface area contributed by atoms with Gasteiger partial charge in [-0.1, -0.05) is 28.7 Å². The summed E-state index contributed by atoms with van der Waals surface area (Å²) in [4.78, 5) is 48.0. The van der Waals surface area contributed by atoms with Gasteiger partial charge in [-0.25, -0.2) is 9.78 Å². The monoisotopic (exact) mass is 598 g/mol. The second-order valence-corrected chi connectivity index (χ2v) is 11.6. The zero-order chi connectivity index (χ0) is 27.6. The van der Waals surface area contributed by atoms with Crippen molar-refractivity contribution in [2.45, 2.75) is 21.7 Å². The van der Waals surface area contributed by atoms with Crippen molar-refractivity contribution in [3.05, 3.63) is 22.3 Å². The smallest absolute Gasteiger partial charge is 0.352 e. The number of carboxylic acids is 1. The Morgan fingerprint density at radius 2 is 2.08 bits per heavy atom. The molecule has 1 saturated heterocycles. The summed E-state index contributed by atoms with van der Waals surface area (Å²) in [5, 5.41) is 34.1. The number of carboxylic acid groups (broad SMARTS) is 1. The van der Waals surface area contributed by atoms with Crippen molar-refractivity contribution in [1.82, 2.24) is 30.0 Å². The molecule has 2 aromatic rings. The average Bonchev–Trinajstić information content (AvgIpc) is 3.46. The Labute approximate surface area is 232 Å². The van der Waals surface area contributed by atoms with Gasteiger partial charge >= 0.3 is 5.97 Å². The van der Waals surface area contributed by atoms with Crippen molar-refractivity contribution in [3.8, 4) is 0 Å². The summed E-state index contributed by atoms with van der Waals surface area (Å²) in [6.45, 7) is 0. The zero-order valence-corrected chi connectivity index (χ0v) is 23.2. The molecule has 202 valence electrons. The number of fused-ring (bicyclic) bond motifs is 1. The average molecular weight is 599 g/mol. The number of nitrogens with two attached hydrogens (primary N) is 2. The number of thioether (sulfide) groups is 3. The number of β-lactam (4-membered cyclic amide) rings is 1. The number of carbonyl (C=O) groups is 3. The lowest BCUT2D eigenvalue weighted by molar-refractivity contribution is -0.150. The van der Waals surface area contributed by atoms with Crippen LogP contribution in [-0.2, 0) is 26.3 Å². The van der Waals surface area contributed by atoms with Crippen LogP contribution in [0.4, 0.5) is 5.13 Å². The Hall–Kier alpha value is -3.29. The number of nitrogens with zero attached hydrogens (tertiary/aromatic N) is 6. The largest absolute Gasteiger partial charge is 0.477 e. The van der Waals surface area contributed by atoms with Gasteiger partial charge in [0.2, 0.25) is 0 Å². The minimum atomic E-state index is -1.24. The molecule has 2 aliphatic heterocycles. The van der Waals surface area contributed by atoms with Crippen LogP contribution in [0.3, 0.4) is 0 Å². The van der Waals surface area contributed by atoms with Gasteiger partial charge in [0.1, 0.15) is 35.8 Å². The van der Waals surface area contributed by atoms with Crippen molar-refractivity contribution in [2.24, 2.45) is 17.9 Å². The van der Waals surface area contributed by atoms with Gasteiger partial charge < -0.3 is 31.3 Å². The molecule has 0 saturated carbocycles. The molecule has 15 nitrogen and oxygen atoms in total.